The van der Waals surface area contributed by atoms with E-state index in [2.05, 4.69) is 22.3 Å². The van der Waals surface area contributed by atoms with Gasteiger partial charge in [0, 0.05) is 16.9 Å². The molecule has 0 saturated heterocycles. The van der Waals surface area contributed by atoms with Gasteiger partial charge in [-0.1, -0.05) is 38.3 Å². The Morgan fingerprint density at radius 3 is 2.90 bits per heavy atom. The van der Waals surface area contributed by atoms with Crippen molar-refractivity contribution in [3.8, 4) is 17.0 Å². The topological polar surface area (TPSA) is 68.5 Å². The van der Waals surface area contributed by atoms with Crippen molar-refractivity contribution < 1.29 is 9.53 Å². The maximum atomic E-state index is 12.7. The molecule has 29 heavy (non-hydrogen) atoms. The first-order valence-electron chi connectivity index (χ1n) is 10.5. The molecule has 1 N–H and O–H groups in total. The summed E-state index contributed by atoms with van der Waals surface area (Å²) in [6.07, 6.45) is 8.10. The zero-order chi connectivity index (χ0) is 20.2. The van der Waals surface area contributed by atoms with E-state index in [1.165, 1.54) is 30.6 Å². The molecule has 0 atom stereocenters. The number of nitrogens with zero attached hydrogens (tertiary/aromatic N) is 3. The molecule has 1 saturated carbocycles. The molecule has 7 heteroatoms. The molecule has 6 nitrogen and oxygen atoms in total. The molecular formula is C22H28N4O2S. The lowest BCUT2D eigenvalue weighted by Gasteiger charge is -2.27. The first kappa shape index (κ1) is 19.9. The normalized spacial score (nSPS) is 19.4. The zero-order valence-corrected chi connectivity index (χ0v) is 17.9. The van der Waals surface area contributed by atoms with Crippen molar-refractivity contribution in [2.45, 2.75) is 51.9 Å². The van der Waals surface area contributed by atoms with Gasteiger partial charge in [-0.2, -0.15) is 4.98 Å². The number of rotatable bonds is 7. The number of benzene rings is 1. The summed E-state index contributed by atoms with van der Waals surface area (Å²) in [6, 6.07) is 7.85. The van der Waals surface area contributed by atoms with Crippen LogP contribution in [0.3, 0.4) is 0 Å². The summed E-state index contributed by atoms with van der Waals surface area (Å²) >= 11 is 1.51. The fraction of sp³-hybridized carbons (Fsp3) is 0.500. The van der Waals surface area contributed by atoms with Crippen LogP contribution in [0, 0.1) is 11.8 Å². The molecule has 1 aliphatic rings. The van der Waals surface area contributed by atoms with Crippen LogP contribution in [0.15, 0.2) is 29.6 Å². The predicted octanol–water partition coefficient (Wildman–Crippen LogP) is 5.40. The quantitative estimate of drug-likeness (QED) is 0.564. The largest absolute Gasteiger partial charge is 0.497 e. The predicted molar refractivity (Wildman–Crippen MR) is 116 cm³/mol. The standard InChI is InChI=1S/C22H28N4O2S/c1-3-4-6-15-9-11-16(12-10-15)20(27)23-21-24-22-26(25-21)19(14-29-22)17-7-5-8-18(13-17)28-2/h5,7-8,13-16H,3-4,6,9-12H2,1-2H3,(H,23,25,27). The lowest BCUT2D eigenvalue weighted by atomic mass is 9.79. The first-order chi connectivity index (χ1) is 14.2. The molecule has 154 valence electrons. The summed E-state index contributed by atoms with van der Waals surface area (Å²) in [5, 5.41) is 9.51. The molecule has 0 bridgehead atoms. The number of carbonyl (C=O) groups is 1. The summed E-state index contributed by atoms with van der Waals surface area (Å²) in [5.74, 6) is 2.11. The Hall–Kier alpha value is -2.41. The number of amides is 1. The Bertz CT molecular complexity index is 972. The first-order valence-corrected chi connectivity index (χ1v) is 11.4. The maximum Gasteiger partial charge on any atom is 0.250 e. The Kier molecular flexibility index (Phi) is 6.13. The second-order valence-electron chi connectivity index (χ2n) is 7.83. The van der Waals surface area contributed by atoms with Crippen molar-refractivity contribution in [1.82, 2.24) is 14.6 Å². The van der Waals surface area contributed by atoms with Crippen LogP contribution >= 0.6 is 11.3 Å². The number of fused-ring (bicyclic) bond motifs is 1. The fourth-order valence-corrected chi connectivity index (χ4v) is 4.96. The summed E-state index contributed by atoms with van der Waals surface area (Å²) in [7, 11) is 1.66. The van der Waals surface area contributed by atoms with E-state index >= 15 is 0 Å². The summed E-state index contributed by atoms with van der Waals surface area (Å²) in [6.45, 7) is 2.24. The number of hydrogen-bond donors (Lipinski definition) is 1. The molecule has 0 spiro atoms. The molecule has 2 aromatic heterocycles. The number of unbranched alkanes of at least 4 members (excludes halogenated alkanes) is 1. The highest BCUT2D eigenvalue weighted by Gasteiger charge is 2.27. The van der Waals surface area contributed by atoms with E-state index in [0.29, 0.717) is 5.95 Å². The van der Waals surface area contributed by atoms with Gasteiger partial charge in [0.1, 0.15) is 5.75 Å². The monoisotopic (exact) mass is 412 g/mol. The molecule has 1 aliphatic carbocycles. The number of hydrogen-bond acceptors (Lipinski definition) is 5. The van der Waals surface area contributed by atoms with Gasteiger partial charge in [-0.25, -0.2) is 4.52 Å². The van der Waals surface area contributed by atoms with Gasteiger partial charge in [0.15, 0.2) is 0 Å². The number of methoxy groups -OCH3 is 1. The van der Waals surface area contributed by atoms with Gasteiger partial charge in [0.2, 0.25) is 16.8 Å². The third kappa shape index (κ3) is 4.45. The van der Waals surface area contributed by atoms with Crippen molar-refractivity contribution in [2.75, 3.05) is 12.4 Å². The highest BCUT2D eigenvalue weighted by Crippen LogP contribution is 2.33. The van der Waals surface area contributed by atoms with Gasteiger partial charge in [0.25, 0.3) is 0 Å². The third-order valence-electron chi connectivity index (χ3n) is 5.87. The average Bonchev–Trinajstić information content (AvgIpc) is 3.32. The zero-order valence-electron chi connectivity index (χ0n) is 17.1. The molecule has 0 radical (unpaired) electrons. The van der Waals surface area contributed by atoms with E-state index in [0.717, 1.165) is 53.6 Å². The number of ether oxygens (including phenoxy) is 1. The minimum absolute atomic E-state index is 0.0557. The van der Waals surface area contributed by atoms with Gasteiger partial charge in [-0.3, -0.25) is 10.1 Å². The number of aromatic nitrogens is 3. The van der Waals surface area contributed by atoms with Crippen LogP contribution in [-0.4, -0.2) is 27.6 Å². The minimum Gasteiger partial charge on any atom is -0.497 e. The smallest absolute Gasteiger partial charge is 0.250 e. The van der Waals surface area contributed by atoms with Crippen LogP contribution < -0.4 is 10.1 Å². The van der Waals surface area contributed by atoms with Crippen molar-refractivity contribution >= 4 is 28.2 Å². The molecular weight excluding hydrogens is 384 g/mol. The summed E-state index contributed by atoms with van der Waals surface area (Å²) < 4.78 is 7.11. The molecule has 1 aromatic carbocycles. The summed E-state index contributed by atoms with van der Waals surface area (Å²) in [4.78, 5) is 18.0. The van der Waals surface area contributed by atoms with Gasteiger partial charge < -0.3 is 4.74 Å². The minimum atomic E-state index is 0.0557. The van der Waals surface area contributed by atoms with Crippen molar-refractivity contribution in [3.63, 3.8) is 0 Å². The van der Waals surface area contributed by atoms with Gasteiger partial charge in [-0.05, 0) is 43.7 Å². The number of carbonyl (C=O) groups excluding carboxylic acids is 1. The van der Waals surface area contributed by atoms with Crippen LogP contribution in [0.1, 0.15) is 51.9 Å². The van der Waals surface area contributed by atoms with Gasteiger partial charge >= 0.3 is 0 Å². The van der Waals surface area contributed by atoms with Crippen LogP contribution in [0.25, 0.3) is 16.2 Å². The number of anilines is 1. The molecule has 1 amide bonds. The third-order valence-corrected chi connectivity index (χ3v) is 6.68. The molecule has 0 aliphatic heterocycles. The molecule has 0 unspecified atom stereocenters. The Balaban J connectivity index is 1.43. The van der Waals surface area contributed by atoms with E-state index in [9.17, 15) is 4.79 Å². The second kappa shape index (κ2) is 8.95. The van der Waals surface area contributed by atoms with Crippen LogP contribution in [0.2, 0.25) is 0 Å². The van der Waals surface area contributed by atoms with Crippen molar-refractivity contribution in [2.24, 2.45) is 11.8 Å². The van der Waals surface area contributed by atoms with E-state index < -0.39 is 0 Å². The SMILES string of the molecule is CCCCC1CCC(C(=O)Nc2nc3scc(-c4cccc(OC)c4)n3n2)CC1. The second-order valence-corrected chi connectivity index (χ2v) is 8.67. The average molecular weight is 413 g/mol. The lowest BCUT2D eigenvalue weighted by molar-refractivity contribution is -0.121. The number of thiazole rings is 1. The maximum absolute atomic E-state index is 12.7. The highest BCUT2D eigenvalue weighted by atomic mass is 32.1. The lowest BCUT2D eigenvalue weighted by Crippen LogP contribution is -2.27. The van der Waals surface area contributed by atoms with Crippen molar-refractivity contribution in [3.05, 3.63) is 29.6 Å². The summed E-state index contributed by atoms with van der Waals surface area (Å²) in [5.41, 5.74) is 1.94. The van der Waals surface area contributed by atoms with Crippen LogP contribution in [0.5, 0.6) is 5.75 Å². The van der Waals surface area contributed by atoms with Crippen molar-refractivity contribution in [1.29, 1.82) is 0 Å². The van der Waals surface area contributed by atoms with Gasteiger partial charge in [-0.15, -0.1) is 16.4 Å². The Morgan fingerprint density at radius 2 is 2.14 bits per heavy atom. The Morgan fingerprint density at radius 1 is 1.31 bits per heavy atom. The van der Waals surface area contributed by atoms with Crippen LogP contribution in [0.4, 0.5) is 5.95 Å². The Labute approximate surface area is 175 Å². The van der Waals surface area contributed by atoms with Gasteiger partial charge in [0.05, 0.1) is 12.8 Å². The molecule has 4 rings (SSSR count). The molecule has 1 fully saturated rings. The van der Waals surface area contributed by atoms with E-state index in [1.807, 2.05) is 29.6 Å². The molecule has 3 aromatic rings. The van der Waals surface area contributed by atoms with Crippen LogP contribution in [-0.2, 0) is 4.79 Å². The van der Waals surface area contributed by atoms with E-state index in [-0.39, 0.29) is 11.8 Å². The number of nitrogens with one attached hydrogen (secondary N) is 1. The van der Waals surface area contributed by atoms with E-state index in [4.69, 9.17) is 4.74 Å². The molecule has 2 heterocycles. The fourth-order valence-electron chi connectivity index (χ4n) is 4.13. The van der Waals surface area contributed by atoms with E-state index in [1.54, 1.807) is 11.6 Å². The highest BCUT2D eigenvalue weighted by molar-refractivity contribution is 7.15.